The molecule has 4 atom stereocenters. The van der Waals surface area contributed by atoms with Crippen LogP contribution < -0.4 is 16.1 Å². The molecule has 3 unspecified atom stereocenters. The smallest absolute Gasteiger partial charge is 0.258 e. The first kappa shape index (κ1) is 25.1. The Hall–Kier alpha value is -2.56. The Bertz CT molecular complexity index is 1030. The number of nitrogens with one attached hydrogen (secondary N) is 3. The summed E-state index contributed by atoms with van der Waals surface area (Å²) in [6, 6.07) is 7.99. The highest BCUT2D eigenvalue weighted by molar-refractivity contribution is 9.10. The summed E-state index contributed by atoms with van der Waals surface area (Å²) in [5, 5.41) is 17.5. The molecule has 10 heteroatoms. The van der Waals surface area contributed by atoms with Crippen LogP contribution in [0.5, 0.6) is 0 Å². The number of aliphatic hydroxyl groups is 1. The third kappa shape index (κ3) is 6.27. The van der Waals surface area contributed by atoms with Crippen LogP contribution in [0.4, 0.5) is 0 Å². The predicted molar refractivity (Wildman–Crippen MR) is 128 cm³/mol. The van der Waals surface area contributed by atoms with Crippen molar-refractivity contribution < 1.29 is 19.5 Å². The first-order valence-electron chi connectivity index (χ1n) is 11.1. The van der Waals surface area contributed by atoms with Crippen molar-refractivity contribution >= 4 is 44.6 Å². The monoisotopic (exact) mass is 519 g/mol. The van der Waals surface area contributed by atoms with Crippen molar-refractivity contribution in [1.82, 2.24) is 26.1 Å². The summed E-state index contributed by atoms with van der Waals surface area (Å²) in [6.07, 6.45) is 0.333. The molecule has 0 saturated carbocycles. The fourth-order valence-electron chi connectivity index (χ4n) is 3.66. The van der Waals surface area contributed by atoms with Gasteiger partial charge in [-0.2, -0.15) is 0 Å². The molecule has 178 valence electrons. The number of hydrogen-bond donors (Lipinski definition) is 4. The molecule has 1 fully saturated rings. The zero-order valence-electron chi connectivity index (χ0n) is 19.0. The molecule has 1 aromatic carbocycles. The van der Waals surface area contributed by atoms with Gasteiger partial charge in [0.25, 0.3) is 5.91 Å². The Morgan fingerprint density at radius 3 is 2.70 bits per heavy atom. The van der Waals surface area contributed by atoms with E-state index in [2.05, 4.69) is 37.0 Å². The molecule has 9 nitrogen and oxygen atoms in total. The summed E-state index contributed by atoms with van der Waals surface area (Å²) in [6.45, 7) is 5.53. The molecule has 0 bridgehead atoms. The van der Waals surface area contributed by atoms with Gasteiger partial charge in [0, 0.05) is 16.4 Å². The summed E-state index contributed by atoms with van der Waals surface area (Å²) in [4.78, 5) is 42.2. The van der Waals surface area contributed by atoms with Crippen molar-refractivity contribution in [3.8, 4) is 0 Å². The average Bonchev–Trinajstić information content (AvgIpc) is 2.82. The minimum atomic E-state index is -1.15. The molecule has 2 heterocycles. The zero-order chi connectivity index (χ0) is 24.1. The largest absolute Gasteiger partial charge is 0.383 e. The summed E-state index contributed by atoms with van der Waals surface area (Å²) in [7, 11) is 0. The Balaban J connectivity index is 1.60. The Labute approximate surface area is 201 Å². The zero-order valence-corrected chi connectivity index (χ0v) is 20.6. The van der Waals surface area contributed by atoms with Gasteiger partial charge in [-0.1, -0.05) is 35.0 Å². The SMILES string of the molecule is CCC(O)C(=O)NC(C)C(=O)N1CCCC(C(=O)N[C@H](C)c2ccc3ccc(Br)cc3n2)N1. The minimum absolute atomic E-state index is 0.228. The minimum Gasteiger partial charge on any atom is -0.383 e. The number of amides is 3. The van der Waals surface area contributed by atoms with Gasteiger partial charge in [-0.3, -0.25) is 24.4 Å². The number of aromatic nitrogens is 1. The van der Waals surface area contributed by atoms with Crippen LogP contribution in [0.3, 0.4) is 0 Å². The lowest BCUT2D eigenvalue weighted by Gasteiger charge is -2.35. The van der Waals surface area contributed by atoms with Crippen molar-refractivity contribution in [3.05, 3.63) is 40.5 Å². The fourth-order valence-corrected chi connectivity index (χ4v) is 4.01. The summed E-state index contributed by atoms with van der Waals surface area (Å²) in [5.41, 5.74) is 4.55. The van der Waals surface area contributed by atoms with Crippen molar-refractivity contribution in [3.63, 3.8) is 0 Å². The lowest BCUT2D eigenvalue weighted by molar-refractivity contribution is -0.144. The van der Waals surface area contributed by atoms with Crippen molar-refractivity contribution in [2.45, 2.75) is 64.3 Å². The normalized spacial score (nSPS) is 18.9. The maximum atomic E-state index is 12.9. The number of fused-ring (bicyclic) bond motifs is 1. The van der Waals surface area contributed by atoms with E-state index < -0.39 is 24.1 Å². The summed E-state index contributed by atoms with van der Waals surface area (Å²) in [5.74, 6) is -1.18. The molecule has 3 rings (SSSR count). The highest BCUT2D eigenvalue weighted by atomic mass is 79.9. The Morgan fingerprint density at radius 2 is 1.97 bits per heavy atom. The van der Waals surface area contributed by atoms with Gasteiger partial charge in [-0.15, -0.1) is 0 Å². The van der Waals surface area contributed by atoms with Gasteiger partial charge in [0.05, 0.1) is 17.3 Å². The lowest BCUT2D eigenvalue weighted by atomic mass is 10.1. The number of hydrogen-bond acceptors (Lipinski definition) is 6. The van der Waals surface area contributed by atoms with Crippen LogP contribution in [0.2, 0.25) is 0 Å². The van der Waals surface area contributed by atoms with E-state index in [1.54, 1.807) is 13.8 Å². The van der Waals surface area contributed by atoms with Crippen LogP contribution in [0, 0.1) is 0 Å². The second-order valence-electron chi connectivity index (χ2n) is 8.27. The quantitative estimate of drug-likeness (QED) is 0.443. The van der Waals surface area contributed by atoms with Crippen molar-refractivity contribution in [1.29, 1.82) is 0 Å². The second-order valence-corrected chi connectivity index (χ2v) is 9.19. The maximum Gasteiger partial charge on any atom is 0.258 e. The van der Waals surface area contributed by atoms with Gasteiger partial charge in [0.15, 0.2) is 0 Å². The van der Waals surface area contributed by atoms with Crippen LogP contribution in [0.15, 0.2) is 34.8 Å². The molecule has 3 amide bonds. The van der Waals surface area contributed by atoms with Gasteiger partial charge in [0.2, 0.25) is 11.8 Å². The highest BCUT2D eigenvalue weighted by Gasteiger charge is 2.31. The molecule has 2 aromatic rings. The van der Waals surface area contributed by atoms with Crippen LogP contribution >= 0.6 is 15.9 Å². The van der Waals surface area contributed by atoms with Gasteiger partial charge in [-0.05, 0) is 51.3 Å². The predicted octanol–water partition coefficient (Wildman–Crippen LogP) is 1.95. The molecular weight excluding hydrogens is 490 g/mol. The third-order valence-corrected chi connectivity index (χ3v) is 6.16. The number of aliphatic hydroxyl groups excluding tert-OH is 1. The average molecular weight is 520 g/mol. The molecule has 1 saturated heterocycles. The van der Waals surface area contributed by atoms with E-state index >= 15 is 0 Å². The van der Waals surface area contributed by atoms with Crippen LogP contribution in [-0.2, 0) is 14.4 Å². The number of benzene rings is 1. The number of carbonyl (C=O) groups is 3. The van der Waals surface area contributed by atoms with Gasteiger partial charge >= 0.3 is 0 Å². The van der Waals surface area contributed by atoms with E-state index in [9.17, 15) is 19.5 Å². The first-order chi connectivity index (χ1) is 15.7. The van der Waals surface area contributed by atoms with E-state index in [-0.39, 0.29) is 24.3 Å². The number of halogens is 1. The molecule has 0 radical (unpaired) electrons. The Morgan fingerprint density at radius 1 is 1.24 bits per heavy atom. The first-order valence-corrected chi connectivity index (χ1v) is 11.9. The van der Waals surface area contributed by atoms with E-state index in [1.807, 2.05) is 37.3 Å². The number of nitrogens with zero attached hydrogens (tertiary/aromatic N) is 2. The summed E-state index contributed by atoms with van der Waals surface area (Å²) >= 11 is 3.45. The topological polar surface area (TPSA) is 124 Å². The van der Waals surface area contributed by atoms with Gasteiger partial charge in [-0.25, -0.2) is 5.43 Å². The van der Waals surface area contributed by atoms with E-state index in [0.717, 1.165) is 21.1 Å². The van der Waals surface area contributed by atoms with Crippen molar-refractivity contribution in [2.75, 3.05) is 6.54 Å². The third-order valence-electron chi connectivity index (χ3n) is 5.67. The Kier molecular flexibility index (Phi) is 8.39. The number of carbonyl (C=O) groups excluding carboxylic acids is 3. The molecule has 1 aromatic heterocycles. The highest BCUT2D eigenvalue weighted by Crippen LogP contribution is 2.21. The van der Waals surface area contributed by atoms with Crippen LogP contribution in [0.1, 0.15) is 51.8 Å². The van der Waals surface area contributed by atoms with Crippen LogP contribution in [0.25, 0.3) is 10.9 Å². The summed E-state index contributed by atoms with van der Waals surface area (Å²) < 4.78 is 0.933. The molecule has 33 heavy (non-hydrogen) atoms. The number of pyridine rings is 1. The molecule has 4 N–H and O–H groups in total. The maximum absolute atomic E-state index is 12.9. The van der Waals surface area contributed by atoms with E-state index in [1.165, 1.54) is 5.01 Å². The molecule has 1 aliphatic heterocycles. The second kappa shape index (κ2) is 11.0. The molecule has 0 spiro atoms. The van der Waals surface area contributed by atoms with Crippen LogP contribution in [-0.4, -0.2) is 57.6 Å². The fraction of sp³-hybridized carbons (Fsp3) is 0.478. The lowest BCUT2D eigenvalue weighted by Crippen LogP contribution is -2.61. The van der Waals surface area contributed by atoms with E-state index in [4.69, 9.17) is 0 Å². The van der Waals surface area contributed by atoms with E-state index in [0.29, 0.717) is 19.4 Å². The van der Waals surface area contributed by atoms with Gasteiger partial charge in [0.1, 0.15) is 18.2 Å². The molecule has 1 aliphatic rings. The van der Waals surface area contributed by atoms with Gasteiger partial charge < -0.3 is 15.7 Å². The van der Waals surface area contributed by atoms with Crippen molar-refractivity contribution in [2.24, 2.45) is 0 Å². The molecular formula is C23H30BrN5O4. The number of hydrazine groups is 1. The number of rotatable bonds is 7. The standard InChI is InChI=1S/C23H30BrN5O4/c1-4-20(30)22(32)26-14(3)23(33)29-11-5-6-18(28-29)21(31)25-13(2)17-10-8-15-7-9-16(24)12-19(15)27-17/h7-10,12-14,18,20,28,30H,4-6,11H2,1-3H3,(H,25,31)(H,26,32)/t13-,14?,18?,20?/m1/s1. The molecule has 0 aliphatic carbocycles.